The second kappa shape index (κ2) is 8.31. The molecular weight excluding hydrogens is 298 g/mol. The lowest BCUT2D eigenvalue weighted by Crippen LogP contribution is -2.88. The maximum atomic E-state index is 12.1. The molecule has 0 spiro atoms. The van der Waals surface area contributed by atoms with Gasteiger partial charge in [-0.25, -0.2) is 0 Å². The van der Waals surface area contributed by atoms with Gasteiger partial charge in [0.2, 0.25) is 0 Å². The van der Waals surface area contributed by atoms with Gasteiger partial charge in [-0.15, -0.1) is 11.3 Å². The van der Waals surface area contributed by atoms with Crippen molar-refractivity contribution in [2.45, 2.75) is 6.04 Å². The third kappa shape index (κ3) is 4.68. The SMILES string of the molecule is CNC(=O)C[NH2+]CC(=O)N[C@H](c1ccccc1)c1cccs1. The topological polar surface area (TPSA) is 74.8 Å². The van der Waals surface area contributed by atoms with E-state index in [9.17, 15) is 9.59 Å². The molecule has 1 aromatic heterocycles. The number of hydrogen-bond acceptors (Lipinski definition) is 3. The maximum absolute atomic E-state index is 12.1. The van der Waals surface area contributed by atoms with Crippen LogP contribution in [0.25, 0.3) is 0 Å². The van der Waals surface area contributed by atoms with Gasteiger partial charge in [0.05, 0.1) is 6.04 Å². The minimum absolute atomic E-state index is 0.0915. The lowest BCUT2D eigenvalue weighted by molar-refractivity contribution is -0.633. The largest absolute Gasteiger partial charge is 0.354 e. The van der Waals surface area contributed by atoms with E-state index in [1.807, 2.05) is 47.8 Å². The highest BCUT2D eigenvalue weighted by Gasteiger charge is 2.18. The number of thiophene rings is 1. The zero-order chi connectivity index (χ0) is 15.8. The average molecular weight is 318 g/mol. The Hall–Kier alpha value is -2.18. The van der Waals surface area contributed by atoms with E-state index in [-0.39, 0.29) is 30.9 Å². The van der Waals surface area contributed by atoms with Gasteiger partial charge in [0.15, 0.2) is 13.1 Å². The molecule has 0 aliphatic carbocycles. The Morgan fingerprint density at radius 3 is 2.45 bits per heavy atom. The van der Waals surface area contributed by atoms with E-state index in [2.05, 4.69) is 10.6 Å². The predicted octanol–water partition coefficient (Wildman–Crippen LogP) is 0.263. The van der Waals surface area contributed by atoms with Crippen LogP contribution in [0.2, 0.25) is 0 Å². The monoisotopic (exact) mass is 318 g/mol. The van der Waals surface area contributed by atoms with Gasteiger partial charge in [-0.05, 0) is 17.0 Å². The number of carbonyl (C=O) groups excluding carboxylic acids is 2. The molecule has 1 aromatic carbocycles. The lowest BCUT2D eigenvalue weighted by atomic mass is 10.1. The molecule has 0 saturated carbocycles. The summed E-state index contributed by atoms with van der Waals surface area (Å²) in [6.45, 7) is 0.473. The van der Waals surface area contributed by atoms with Crippen molar-refractivity contribution < 1.29 is 14.9 Å². The van der Waals surface area contributed by atoms with E-state index in [1.165, 1.54) is 0 Å². The number of nitrogens with two attached hydrogens (primary N) is 1. The van der Waals surface area contributed by atoms with Crippen molar-refractivity contribution in [3.8, 4) is 0 Å². The Morgan fingerprint density at radius 1 is 1.09 bits per heavy atom. The van der Waals surface area contributed by atoms with Gasteiger partial charge in [0.1, 0.15) is 0 Å². The summed E-state index contributed by atoms with van der Waals surface area (Å²) in [6, 6.07) is 13.7. The molecule has 1 atom stereocenters. The van der Waals surface area contributed by atoms with E-state index in [0.29, 0.717) is 0 Å². The summed E-state index contributed by atoms with van der Waals surface area (Å²) in [5.74, 6) is -0.183. The molecule has 116 valence electrons. The Labute approximate surface area is 133 Å². The molecule has 6 heteroatoms. The first-order chi connectivity index (χ1) is 10.7. The van der Waals surface area contributed by atoms with Crippen molar-refractivity contribution in [2.75, 3.05) is 20.1 Å². The summed E-state index contributed by atoms with van der Waals surface area (Å²) in [7, 11) is 1.58. The number of likely N-dealkylation sites (N-methyl/N-ethyl adjacent to an activating group) is 1. The molecule has 2 aromatic rings. The van der Waals surface area contributed by atoms with Crippen LogP contribution in [0.4, 0.5) is 0 Å². The van der Waals surface area contributed by atoms with Crippen LogP contribution in [0.15, 0.2) is 47.8 Å². The predicted molar refractivity (Wildman–Crippen MR) is 86.5 cm³/mol. The number of hydrogen-bond donors (Lipinski definition) is 3. The minimum Gasteiger partial charge on any atom is -0.354 e. The highest BCUT2D eigenvalue weighted by Crippen LogP contribution is 2.25. The van der Waals surface area contributed by atoms with Crippen LogP contribution in [0.5, 0.6) is 0 Å². The second-order valence-electron chi connectivity index (χ2n) is 4.80. The quantitative estimate of drug-likeness (QED) is 0.685. The van der Waals surface area contributed by atoms with Crippen LogP contribution >= 0.6 is 11.3 Å². The van der Waals surface area contributed by atoms with E-state index in [4.69, 9.17) is 0 Å². The fourth-order valence-corrected chi connectivity index (χ4v) is 2.88. The smallest absolute Gasteiger partial charge is 0.275 e. The van der Waals surface area contributed by atoms with Crippen molar-refractivity contribution in [1.82, 2.24) is 10.6 Å². The third-order valence-electron chi connectivity index (χ3n) is 3.20. The molecule has 0 bridgehead atoms. The molecule has 4 N–H and O–H groups in total. The molecule has 0 saturated heterocycles. The van der Waals surface area contributed by atoms with E-state index < -0.39 is 0 Å². The fourth-order valence-electron chi connectivity index (χ4n) is 2.08. The van der Waals surface area contributed by atoms with Crippen LogP contribution in [-0.2, 0) is 9.59 Å². The van der Waals surface area contributed by atoms with Crippen molar-refractivity contribution in [1.29, 1.82) is 0 Å². The third-order valence-corrected chi connectivity index (χ3v) is 4.14. The Balaban J connectivity index is 1.99. The number of nitrogens with one attached hydrogen (secondary N) is 2. The van der Waals surface area contributed by atoms with Crippen LogP contribution in [-0.4, -0.2) is 32.0 Å². The molecule has 1 heterocycles. The zero-order valence-electron chi connectivity index (χ0n) is 12.4. The molecule has 0 aliphatic rings. The molecule has 22 heavy (non-hydrogen) atoms. The Kier molecular flexibility index (Phi) is 6.12. The first kappa shape index (κ1) is 16.2. The van der Waals surface area contributed by atoms with Crippen LogP contribution in [0, 0.1) is 0 Å². The number of benzene rings is 1. The van der Waals surface area contributed by atoms with Gasteiger partial charge in [-0.1, -0.05) is 36.4 Å². The van der Waals surface area contributed by atoms with E-state index >= 15 is 0 Å². The maximum Gasteiger partial charge on any atom is 0.275 e. The summed E-state index contributed by atoms with van der Waals surface area (Å²) in [5.41, 5.74) is 1.05. The van der Waals surface area contributed by atoms with Crippen molar-refractivity contribution in [3.05, 3.63) is 58.3 Å². The number of amides is 2. The first-order valence-electron chi connectivity index (χ1n) is 7.10. The normalized spacial score (nSPS) is 11.7. The van der Waals surface area contributed by atoms with Crippen molar-refractivity contribution in [3.63, 3.8) is 0 Å². The van der Waals surface area contributed by atoms with Crippen LogP contribution < -0.4 is 16.0 Å². The van der Waals surface area contributed by atoms with Gasteiger partial charge >= 0.3 is 0 Å². The summed E-state index contributed by atoms with van der Waals surface area (Å²) in [5, 5.41) is 9.24. The Bertz CT molecular complexity index is 599. The van der Waals surface area contributed by atoms with Gasteiger partial charge in [-0.3, -0.25) is 9.59 Å². The number of quaternary nitrogens is 1. The van der Waals surface area contributed by atoms with Crippen molar-refractivity contribution >= 4 is 23.2 Å². The zero-order valence-corrected chi connectivity index (χ0v) is 13.2. The van der Waals surface area contributed by atoms with Gasteiger partial charge in [0, 0.05) is 11.9 Å². The minimum atomic E-state index is -0.151. The Morgan fingerprint density at radius 2 is 1.82 bits per heavy atom. The van der Waals surface area contributed by atoms with Gasteiger partial charge < -0.3 is 16.0 Å². The fraction of sp³-hybridized carbons (Fsp3) is 0.250. The summed E-state index contributed by atoms with van der Waals surface area (Å²) < 4.78 is 0. The van der Waals surface area contributed by atoms with Crippen LogP contribution in [0.3, 0.4) is 0 Å². The molecule has 0 fully saturated rings. The van der Waals surface area contributed by atoms with Gasteiger partial charge in [0.25, 0.3) is 11.8 Å². The summed E-state index contributed by atoms with van der Waals surface area (Å²) >= 11 is 1.61. The number of carbonyl (C=O) groups is 2. The molecule has 0 unspecified atom stereocenters. The van der Waals surface area contributed by atoms with E-state index in [0.717, 1.165) is 10.4 Å². The summed E-state index contributed by atoms with van der Waals surface area (Å²) in [4.78, 5) is 24.4. The van der Waals surface area contributed by atoms with Crippen LogP contribution in [0.1, 0.15) is 16.5 Å². The van der Waals surface area contributed by atoms with E-state index in [1.54, 1.807) is 23.7 Å². The summed E-state index contributed by atoms with van der Waals surface area (Å²) in [6.07, 6.45) is 0. The molecule has 2 amide bonds. The molecule has 5 nitrogen and oxygen atoms in total. The average Bonchev–Trinajstić information content (AvgIpc) is 3.07. The number of rotatable bonds is 7. The highest BCUT2D eigenvalue weighted by molar-refractivity contribution is 7.10. The highest BCUT2D eigenvalue weighted by atomic mass is 32.1. The second-order valence-corrected chi connectivity index (χ2v) is 5.78. The van der Waals surface area contributed by atoms with Crippen molar-refractivity contribution in [2.24, 2.45) is 0 Å². The molecule has 2 rings (SSSR count). The standard InChI is InChI=1S/C16H19N3O2S/c1-17-14(20)10-18-11-15(21)19-16(13-8-5-9-22-13)12-6-3-2-4-7-12/h2-9,16,18H,10-11H2,1H3,(H,17,20)(H,19,21)/p+1/t16-/m1/s1. The van der Waals surface area contributed by atoms with Gasteiger partial charge in [-0.2, -0.15) is 0 Å². The molecule has 0 aliphatic heterocycles. The first-order valence-corrected chi connectivity index (χ1v) is 7.98. The molecular formula is C16H20N3O2S+. The molecule has 0 radical (unpaired) electrons. The lowest BCUT2D eigenvalue weighted by Gasteiger charge is -2.17.